The zero-order chi connectivity index (χ0) is 10.9. The van der Waals surface area contributed by atoms with Crippen molar-refractivity contribution in [3.05, 3.63) is 17.5 Å². The average molecular weight is 219 g/mol. The van der Waals surface area contributed by atoms with Crippen LogP contribution in [0.2, 0.25) is 0 Å². The molecule has 1 unspecified atom stereocenters. The first-order chi connectivity index (χ1) is 7.05. The van der Waals surface area contributed by atoms with Gasteiger partial charge >= 0.3 is 6.18 Å². The number of nitrogens with zero attached hydrogens (tertiary/aromatic N) is 1. The molecular formula is C9H12F3N3. The Morgan fingerprint density at radius 1 is 1.47 bits per heavy atom. The van der Waals surface area contributed by atoms with Crippen LogP contribution >= 0.6 is 0 Å². The van der Waals surface area contributed by atoms with Gasteiger partial charge in [0.2, 0.25) is 0 Å². The zero-order valence-electron chi connectivity index (χ0n) is 8.06. The number of H-pyrrole nitrogens is 1. The average Bonchev–Trinajstić information content (AvgIpc) is 2.73. The minimum atomic E-state index is -4.35. The normalized spacial score (nSPS) is 22.2. The number of halogens is 3. The molecule has 6 heteroatoms. The fourth-order valence-electron chi connectivity index (χ4n) is 1.81. The molecule has 1 aromatic rings. The Hall–Kier alpha value is -1.04. The summed E-state index contributed by atoms with van der Waals surface area (Å²) in [5, 5.41) is 8.90. The van der Waals surface area contributed by atoms with E-state index in [1.165, 1.54) is 0 Å². The van der Waals surface area contributed by atoms with Gasteiger partial charge in [-0.05, 0) is 25.5 Å². The molecule has 2 heterocycles. The van der Waals surface area contributed by atoms with Crippen LogP contribution in [-0.4, -0.2) is 22.8 Å². The van der Waals surface area contributed by atoms with E-state index in [-0.39, 0.29) is 6.04 Å². The Labute approximate surface area is 85.1 Å². The summed E-state index contributed by atoms with van der Waals surface area (Å²) in [4.78, 5) is 0. The molecular weight excluding hydrogens is 207 g/mol. The van der Waals surface area contributed by atoms with E-state index >= 15 is 0 Å². The van der Waals surface area contributed by atoms with Gasteiger partial charge in [0.05, 0.1) is 0 Å². The molecule has 0 radical (unpaired) electrons. The summed E-state index contributed by atoms with van der Waals surface area (Å²) in [5.74, 6) is 0. The molecule has 1 aromatic heterocycles. The van der Waals surface area contributed by atoms with Gasteiger partial charge in [0.1, 0.15) is 0 Å². The van der Waals surface area contributed by atoms with Gasteiger partial charge in [-0.1, -0.05) is 0 Å². The van der Waals surface area contributed by atoms with E-state index in [0.717, 1.165) is 25.5 Å². The van der Waals surface area contributed by atoms with Gasteiger partial charge in [-0.25, -0.2) is 0 Å². The van der Waals surface area contributed by atoms with Crippen LogP contribution in [0.4, 0.5) is 13.2 Å². The predicted octanol–water partition coefficient (Wildman–Crippen LogP) is 1.72. The molecule has 1 atom stereocenters. The highest BCUT2D eigenvalue weighted by Gasteiger charge is 2.34. The van der Waals surface area contributed by atoms with Crippen LogP contribution in [0, 0.1) is 0 Å². The topological polar surface area (TPSA) is 40.7 Å². The van der Waals surface area contributed by atoms with Crippen LogP contribution < -0.4 is 5.32 Å². The highest BCUT2D eigenvalue weighted by atomic mass is 19.4. The van der Waals surface area contributed by atoms with Crippen molar-refractivity contribution >= 4 is 0 Å². The Morgan fingerprint density at radius 2 is 2.27 bits per heavy atom. The van der Waals surface area contributed by atoms with E-state index in [4.69, 9.17) is 0 Å². The van der Waals surface area contributed by atoms with Crippen molar-refractivity contribution < 1.29 is 13.2 Å². The summed E-state index contributed by atoms with van der Waals surface area (Å²) < 4.78 is 36.6. The number of aromatic nitrogens is 2. The van der Waals surface area contributed by atoms with Crippen molar-refractivity contribution in [2.24, 2.45) is 0 Å². The molecule has 1 fully saturated rings. The van der Waals surface area contributed by atoms with Gasteiger partial charge in [0, 0.05) is 18.2 Å². The standard InChI is InChI=1S/C9H12F3N3/c10-9(11,12)8-5-7(14-15-8)4-6-2-1-3-13-6/h5-6,13H,1-4H2,(H,14,15). The summed E-state index contributed by atoms with van der Waals surface area (Å²) in [6.45, 7) is 0.949. The van der Waals surface area contributed by atoms with E-state index in [1.54, 1.807) is 0 Å². The second-order valence-corrected chi connectivity index (χ2v) is 3.77. The number of alkyl halides is 3. The Morgan fingerprint density at radius 3 is 2.80 bits per heavy atom. The fraction of sp³-hybridized carbons (Fsp3) is 0.667. The lowest BCUT2D eigenvalue weighted by molar-refractivity contribution is -0.141. The molecule has 2 N–H and O–H groups in total. The number of aromatic amines is 1. The van der Waals surface area contributed by atoms with Crippen molar-refractivity contribution in [2.75, 3.05) is 6.54 Å². The molecule has 84 valence electrons. The van der Waals surface area contributed by atoms with Gasteiger partial charge in [-0.15, -0.1) is 0 Å². The lowest BCUT2D eigenvalue weighted by Gasteiger charge is -2.06. The molecule has 1 aliphatic heterocycles. The van der Waals surface area contributed by atoms with Crippen molar-refractivity contribution in [3.63, 3.8) is 0 Å². The highest BCUT2D eigenvalue weighted by molar-refractivity contribution is 5.12. The van der Waals surface area contributed by atoms with Gasteiger partial charge in [-0.2, -0.15) is 18.3 Å². The first-order valence-corrected chi connectivity index (χ1v) is 4.90. The van der Waals surface area contributed by atoms with Crippen LogP contribution in [0.1, 0.15) is 24.2 Å². The molecule has 3 nitrogen and oxygen atoms in total. The number of hydrogen-bond donors (Lipinski definition) is 2. The minimum Gasteiger partial charge on any atom is -0.314 e. The maximum atomic E-state index is 12.2. The van der Waals surface area contributed by atoms with Crippen molar-refractivity contribution in [1.82, 2.24) is 15.5 Å². The molecule has 0 amide bonds. The summed E-state index contributed by atoms with van der Waals surface area (Å²) in [6, 6.07) is 1.37. The summed E-state index contributed by atoms with van der Waals surface area (Å²) in [6.07, 6.45) is -1.66. The smallest absolute Gasteiger partial charge is 0.314 e. The molecule has 1 aliphatic rings. The van der Waals surface area contributed by atoms with E-state index in [9.17, 15) is 13.2 Å². The molecule has 1 saturated heterocycles. The van der Waals surface area contributed by atoms with Crippen LogP contribution in [0.15, 0.2) is 6.07 Å². The van der Waals surface area contributed by atoms with E-state index in [1.807, 2.05) is 0 Å². The Bertz CT molecular complexity index is 326. The Balaban J connectivity index is 2.00. The quantitative estimate of drug-likeness (QED) is 0.795. The second-order valence-electron chi connectivity index (χ2n) is 3.77. The van der Waals surface area contributed by atoms with Gasteiger partial charge in [0.25, 0.3) is 0 Å². The molecule has 0 spiro atoms. The molecule has 0 saturated carbocycles. The lowest BCUT2D eigenvalue weighted by Crippen LogP contribution is -2.23. The van der Waals surface area contributed by atoms with E-state index in [2.05, 4.69) is 15.5 Å². The summed E-state index contributed by atoms with van der Waals surface area (Å²) in [7, 11) is 0. The number of nitrogens with one attached hydrogen (secondary N) is 2. The third kappa shape index (κ3) is 2.50. The van der Waals surface area contributed by atoms with Crippen molar-refractivity contribution in [1.29, 1.82) is 0 Å². The van der Waals surface area contributed by atoms with E-state index < -0.39 is 11.9 Å². The van der Waals surface area contributed by atoms with Gasteiger partial charge in [-0.3, -0.25) is 5.10 Å². The number of rotatable bonds is 2. The van der Waals surface area contributed by atoms with Crippen LogP contribution in [-0.2, 0) is 12.6 Å². The lowest BCUT2D eigenvalue weighted by atomic mass is 10.1. The summed E-state index contributed by atoms with van der Waals surface area (Å²) in [5.41, 5.74) is -0.294. The maximum absolute atomic E-state index is 12.2. The van der Waals surface area contributed by atoms with Gasteiger partial charge in [0.15, 0.2) is 5.69 Å². The van der Waals surface area contributed by atoms with Crippen molar-refractivity contribution in [3.8, 4) is 0 Å². The largest absolute Gasteiger partial charge is 0.435 e. The first kappa shape index (κ1) is 10.5. The predicted molar refractivity (Wildman–Crippen MR) is 48.3 cm³/mol. The third-order valence-corrected chi connectivity index (χ3v) is 2.55. The van der Waals surface area contributed by atoms with E-state index in [0.29, 0.717) is 12.1 Å². The fourth-order valence-corrected chi connectivity index (χ4v) is 1.81. The highest BCUT2D eigenvalue weighted by Crippen LogP contribution is 2.28. The Kier molecular flexibility index (Phi) is 2.68. The molecule has 0 bridgehead atoms. The monoisotopic (exact) mass is 219 g/mol. The van der Waals surface area contributed by atoms with Crippen LogP contribution in [0.25, 0.3) is 0 Å². The SMILES string of the molecule is FC(F)(F)c1cc(CC2CCCN2)[nH]n1. The molecule has 0 aliphatic carbocycles. The molecule has 15 heavy (non-hydrogen) atoms. The third-order valence-electron chi connectivity index (χ3n) is 2.55. The molecule has 0 aromatic carbocycles. The van der Waals surface area contributed by atoms with Gasteiger partial charge < -0.3 is 5.32 Å². The summed E-state index contributed by atoms with van der Waals surface area (Å²) >= 11 is 0. The first-order valence-electron chi connectivity index (χ1n) is 4.90. The van der Waals surface area contributed by atoms with Crippen LogP contribution in [0.3, 0.4) is 0 Å². The maximum Gasteiger partial charge on any atom is 0.435 e. The van der Waals surface area contributed by atoms with Crippen molar-refractivity contribution in [2.45, 2.75) is 31.5 Å². The zero-order valence-corrected chi connectivity index (χ0v) is 8.06. The number of hydrogen-bond acceptors (Lipinski definition) is 2. The second kappa shape index (κ2) is 3.84. The molecule has 2 rings (SSSR count). The minimum absolute atomic E-state index is 0.284. The van der Waals surface area contributed by atoms with Crippen LogP contribution in [0.5, 0.6) is 0 Å².